The first-order valence-electron chi connectivity index (χ1n) is 7.24. The monoisotopic (exact) mass is 329 g/mol. The number of aryl methyl sites for hydroxylation is 1. The molecule has 0 spiro atoms. The third-order valence-corrected chi connectivity index (χ3v) is 7.13. The number of rotatable bonds is 2. The molecule has 1 aromatic heterocycles. The molecule has 0 fully saturated rings. The Kier molecular flexibility index (Phi) is 3.27. The molecule has 1 aliphatic heterocycles. The van der Waals surface area contributed by atoms with E-state index in [9.17, 15) is 8.42 Å². The number of aromatic nitrogens is 1. The third-order valence-electron chi connectivity index (χ3n) is 3.97. The molecule has 2 heterocycles. The highest BCUT2D eigenvalue weighted by Crippen LogP contribution is 2.41. The molecule has 0 aliphatic carbocycles. The Balaban J connectivity index is 2.07. The maximum Gasteiger partial charge on any atom is 0.209 e. The van der Waals surface area contributed by atoms with E-state index in [-0.39, 0.29) is 0 Å². The summed E-state index contributed by atoms with van der Waals surface area (Å²) in [6.45, 7) is 0.882. The predicted molar refractivity (Wildman–Crippen MR) is 89.2 cm³/mol. The predicted octanol–water partition coefficient (Wildman–Crippen LogP) is 3.97. The summed E-state index contributed by atoms with van der Waals surface area (Å²) in [5, 5.41) is 1.71. The molecular weight excluding hydrogens is 314 g/mol. The molecule has 3 nitrogen and oxygen atoms in total. The van der Waals surface area contributed by atoms with Crippen LogP contribution in [-0.2, 0) is 16.4 Å². The van der Waals surface area contributed by atoms with E-state index in [1.165, 1.54) is 0 Å². The number of thioether (sulfide) groups is 1. The quantitative estimate of drug-likeness (QED) is 0.714. The maximum atomic E-state index is 13.2. The molecule has 0 bridgehead atoms. The molecule has 2 aromatic carbocycles. The average Bonchev–Trinajstić information content (AvgIpc) is 2.91. The van der Waals surface area contributed by atoms with Crippen LogP contribution in [0.15, 0.2) is 69.4 Å². The molecule has 5 heteroatoms. The molecule has 0 amide bonds. The van der Waals surface area contributed by atoms with E-state index in [2.05, 4.69) is 4.57 Å². The van der Waals surface area contributed by atoms with Crippen LogP contribution < -0.4 is 0 Å². The van der Waals surface area contributed by atoms with Gasteiger partial charge in [-0.05, 0) is 24.6 Å². The summed E-state index contributed by atoms with van der Waals surface area (Å²) in [5.41, 5.74) is 1.01. The molecule has 3 aromatic rings. The van der Waals surface area contributed by atoms with Crippen LogP contribution >= 0.6 is 11.8 Å². The minimum Gasteiger partial charge on any atom is -0.335 e. The molecule has 1 aliphatic rings. The SMILES string of the molecule is O=S(=O)(c1ccccc1)c1c2n(c3ccccc13)CCCS2. The number of hydrogen-bond donors (Lipinski definition) is 0. The Morgan fingerprint density at radius 1 is 0.955 bits per heavy atom. The van der Waals surface area contributed by atoms with Crippen LogP contribution in [-0.4, -0.2) is 18.7 Å². The number of hydrogen-bond acceptors (Lipinski definition) is 3. The van der Waals surface area contributed by atoms with Gasteiger partial charge in [-0.3, -0.25) is 0 Å². The fourth-order valence-electron chi connectivity index (χ4n) is 2.98. The second-order valence-electron chi connectivity index (χ2n) is 5.32. The lowest BCUT2D eigenvalue weighted by Crippen LogP contribution is -2.09. The summed E-state index contributed by atoms with van der Waals surface area (Å²) in [5.74, 6) is 0.966. The average molecular weight is 329 g/mol. The molecule has 4 rings (SSSR count). The Bertz CT molecular complexity index is 943. The van der Waals surface area contributed by atoms with E-state index in [1.54, 1.807) is 36.0 Å². The molecule has 0 saturated carbocycles. The Labute approximate surface area is 133 Å². The number of nitrogens with zero attached hydrogens (tertiary/aromatic N) is 1. The molecule has 22 heavy (non-hydrogen) atoms. The molecule has 112 valence electrons. The normalized spacial score (nSPS) is 14.9. The first-order valence-corrected chi connectivity index (χ1v) is 9.70. The van der Waals surface area contributed by atoms with E-state index in [0.29, 0.717) is 9.79 Å². The van der Waals surface area contributed by atoms with Crippen molar-refractivity contribution in [1.29, 1.82) is 0 Å². The van der Waals surface area contributed by atoms with Gasteiger partial charge in [-0.1, -0.05) is 36.4 Å². The summed E-state index contributed by atoms with van der Waals surface area (Å²) in [6, 6.07) is 16.5. The fraction of sp³-hybridized carbons (Fsp3) is 0.176. The molecule has 0 radical (unpaired) electrons. The third kappa shape index (κ3) is 2.00. The highest BCUT2D eigenvalue weighted by molar-refractivity contribution is 8.00. The number of sulfone groups is 1. The second kappa shape index (κ2) is 5.18. The van der Waals surface area contributed by atoms with Crippen LogP contribution in [0.25, 0.3) is 10.9 Å². The van der Waals surface area contributed by atoms with Gasteiger partial charge in [0, 0.05) is 17.7 Å². The van der Waals surface area contributed by atoms with Crippen LogP contribution in [0.3, 0.4) is 0 Å². The zero-order valence-electron chi connectivity index (χ0n) is 11.9. The van der Waals surface area contributed by atoms with Gasteiger partial charge in [-0.25, -0.2) is 8.42 Å². The zero-order valence-corrected chi connectivity index (χ0v) is 13.5. The van der Waals surface area contributed by atoms with Crippen molar-refractivity contribution in [3.8, 4) is 0 Å². The molecular formula is C17H15NO2S2. The lowest BCUT2D eigenvalue weighted by atomic mass is 10.2. The first kappa shape index (κ1) is 13.9. The summed E-state index contributed by atoms with van der Waals surface area (Å²) in [7, 11) is -3.51. The van der Waals surface area contributed by atoms with Crippen LogP contribution in [0.2, 0.25) is 0 Å². The second-order valence-corrected chi connectivity index (χ2v) is 8.29. The smallest absolute Gasteiger partial charge is 0.209 e. The van der Waals surface area contributed by atoms with Gasteiger partial charge in [-0.15, -0.1) is 11.8 Å². The van der Waals surface area contributed by atoms with Gasteiger partial charge in [-0.2, -0.15) is 0 Å². The topological polar surface area (TPSA) is 39.1 Å². The lowest BCUT2D eigenvalue weighted by molar-refractivity contribution is 0.586. The first-order chi connectivity index (χ1) is 10.7. The van der Waals surface area contributed by atoms with Gasteiger partial charge in [0.25, 0.3) is 0 Å². The van der Waals surface area contributed by atoms with Crippen molar-refractivity contribution < 1.29 is 8.42 Å². The zero-order chi connectivity index (χ0) is 15.2. The van der Waals surface area contributed by atoms with Crippen molar-refractivity contribution in [3.63, 3.8) is 0 Å². The maximum absolute atomic E-state index is 13.2. The van der Waals surface area contributed by atoms with Crippen molar-refractivity contribution in [2.45, 2.75) is 27.8 Å². The summed E-state index contributed by atoms with van der Waals surface area (Å²) in [4.78, 5) is 0.833. The van der Waals surface area contributed by atoms with Gasteiger partial charge in [0.05, 0.1) is 15.4 Å². The standard InChI is InChI=1S/C17H15NO2S2/c19-22(20,13-7-2-1-3-8-13)16-14-9-4-5-10-15(14)18-11-6-12-21-17(16)18/h1-5,7-10H,6,11-12H2. The minimum atomic E-state index is -3.51. The van der Waals surface area contributed by atoms with E-state index in [4.69, 9.17) is 0 Å². The van der Waals surface area contributed by atoms with Crippen molar-refractivity contribution >= 4 is 32.5 Å². The minimum absolute atomic E-state index is 0.361. The van der Waals surface area contributed by atoms with Crippen molar-refractivity contribution in [1.82, 2.24) is 4.57 Å². The Hall–Kier alpha value is -1.72. The molecule has 0 unspecified atom stereocenters. The van der Waals surface area contributed by atoms with Crippen LogP contribution in [0, 0.1) is 0 Å². The van der Waals surface area contributed by atoms with E-state index in [0.717, 1.165) is 34.6 Å². The van der Waals surface area contributed by atoms with Gasteiger partial charge in [0.15, 0.2) is 0 Å². The van der Waals surface area contributed by atoms with Crippen LogP contribution in [0.5, 0.6) is 0 Å². The highest BCUT2D eigenvalue weighted by atomic mass is 32.2. The number of fused-ring (bicyclic) bond motifs is 3. The molecule has 0 N–H and O–H groups in total. The van der Waals surface area contributed by atoms with E-state index < -0.39 is 9.84 Å². The van der Waals surface area contributed by atoms with Crippen molar-refractivity contribution in [2.24, 2.45) is 0 Å². The van der Waals surface area contributed by atoms with Crippen LogP contribution in [0.1, 0.15) is 6.42 Å². The van der Waals surface area contributed by atoms with Gasteiger partial charge < -0.3 is 4.57 Å². The molecule has 0 saturated heterocycles. The number of benzene rings is 2. The largest absolute Gasteiger partial charge is 0.335 e. The Morgan fingerprint density at radius 2 is 1.68 bits per heavy atom. The summed E-state index contributed by atoms with van der Waals surface area (Å²) >= 11 is 1.65. The lowest BCUT2D eigenvalue weighted by Gasteiger charge is -2.16. The van der Waals surface area contributed by atoms with Crippen molar-refractivity contribution in [3.05, 3.63) is 54.6 Å². The van der Waals surface area contributed by atoms with Gasteiger partial charge in [0.2, 0.25) is 9.84 Å². The number of para-hydroxylation sites is 1. The summed E-state index contributed by atoms with van der Waals surface area (Å²) in [6.07, 6.45) is 1.07. The van der Waals surface area contributed by atoms with Crippen molar-refractivity contribution in [2.75, 3.05) is 5.75 Å². The summed E-state index contributed by atoms with van der Waals surface area (Å²) < 4.78 is 28.5. The highest BCUT2D eigenvalue weighted by Gasteiger charge is 2.30. The molecule has 0 atom stereocenters. The Morgan fingerprint density at radius 3 is 2.50 bits per heavy atom. The van der Waals surface area contributed by atoms with E-state index >= 15 is 0 Å². The fourth-order valence-corrected chi connectivity index (χ4v) is 6.09. The van der Waals surface area contributed by atoms with Crippen LogP contribution in [0.4, 0.5) is 0 Å². The van der Waals surface area contributed by atoms with Gasteiger partial charge in [0.1, 0.15) is 4.90 Å². The van der Waals surface area contributed by atoms with Gasteiger partial charge >= 0.3 is 0 Å². The van der Waals surface area contributed by atoms with E-state index in [1.807, 2.05) is 30.3 Å².